The number of anilines is 1. The van der Waals surface area contributed by atoms with Gasteiger partial charge in [-0.15, -0.1) is 11.3 Å². The molecule has 5 nitrogen and oxygen atoms in total. The molecule has 1 aliphatic heterocycles. The van der Waals surface area contributed by atoms with Gasteiger partial charge in [-0.25, -0.2) is 4.98 Å². The van der Waals surface area contributed by atoms with Gasteiger partial charge < -0.3 is 11.1 Å². The fourth-order valence-corrected chi connectivity index (χ4v) is 4.45. The summed E-state index contributed by atoms with van der Waals surface area (Å²) in [5.41, 5.74) is 7.41. The Morgan fingerprint density at radius 3 is 2.95 bits per heavy atom. The van der Waals surface area contributed by atoms with Crippen LogP contribution in [-0.2, 0) is 17.6 Å². The van der Waals surface area contributed by atoms with E-state index in [4.69, 9.17) is 5.73 Å². The van der Waals surface area contributed by atoms with Crippen molar-refractivity contribution in [1.29, 1.82) is 0 Å². The number of fused-ring (bicyclic) bond motifs is 1. The number of piperidine rings is 1. The van der Waals surface area contributed by atoms with Crippen LogP contribution >= 0.6 is 11.3 Å². The molecule has 1 amide bonds. The van der Waals surface area contributed by atoms with Gasteiger partial charge in [0, 0.05) is 24.0 Å². The minimum Gasteiger partial charge on any atom is -0.327 e. The van der Waals surface area contributed by atoms with Crippen LogP contribution in [0.4, 0.5) is 5.13 Å². The SMILES string of the molecule is CC1(C)CN(CC(=O)Nc2nc3c(s2)CCCC3)CCC1N. The first-order chi connectivity index (χ1) is 10.4. The molecule has 2 aliphatic rings. The molecule has 1 fully saturated rings. The average molecular weight is 322 g/mol. The van der Waals surface area contributed by atoms with Crippen molar-refractivity contribution in [1.82, 2.24) is 9.88 Å². The molecule has 1 aromatic rings. The van der Waals surface area contributed by atoms with Crippen molar-refractivity contribution in [2.75, 3.05) is 25.0 Å². The van der Waals surface area contributed by atoms with Crippen LogP contribution in [0.15, 0.2) is 0 Å². The van der Waals surface area contributed by atoms with Gasteiger partial charge in [-0.3, -0.25) is 9.69 Å². The Bertz CT molecular complexity index is 531. The minimum atomic E-state index is 0.0392. The highest BCUT2D eigenvalue weighted by Gasteiger charge is 2.34. The topological polar surface area (TPSA) is 71.2 Å². The number of nitrogens with one attached hydrogen (secondary N) is 1. The van der Waals surface area contributed by atoms with Crippen molar-refractivity contribution in [2.24, 2.45) is 11.1 Å². The summed E-state index contributed by atoms with van der Waals surface area (Å²) in [6.45, 7) is 6.55. The van der Waals surface area contributed by atoms with Crippen LogP contribution in [-0.4, -0.2) is 41.5 Å². The summed E-state index contributed by atoms with van der Waals surface area (Å²) in [5, 5.41) is 3.75. The highest BCUT2D eigenvalue weighted by molar-refractivity contribution is 7.15. The molecule has 0 aromatic carbocycles. The number of nitrogens with zero attached hydrogens (tertiary/aromatic N) is 2. The van der Waals surface area contributed by atoms with Gasteiger partial charge in [0.1, 0.15) is 0 Å². The summed E-state index contributed by atoms with van der Waals surface area (Å²) in [6, 6.07) is 0.220. The number of rotatable bonds is 3. The quantitative estimate of drug-likeness (QED) is 0.893. The predicted octanol–water partition coefficient (Wildman–Crippen LogP) is 2.02. The number of hydrogen-bond donors (Lipinski definition) is 2. The lowest BCUT2D eigenvalue weighted by Gasteiger charge is -2.42. The zero-order valence-corrected chi connectivity index (χ0v) is 14.3. The average Bonchev–Trinajstić information content (AvgIpc) is 2.84. The maximum Gasteiger partial charge on any atom is 0.240 e. The van der Waals surface area contributed by atoms with E-state index in [1.54, 1.807) is 11.3 Å². The zero-order valence-electron chi connectivity index (χ0n) is 13.5. The van der Waals surface area contributed by atoms with E-state index in [9.17, 15) is 4.79 Å². The van der Waals surface area contributed by atoms with Crippen molar-refractivity contribution >= 4 is 22.4 Å². The van der Waals surface area contributed by atoms with E-state index in [0.717, 1.165) is 37.5 Å². The number of nitrogens with two attached hydrogens (primary N) is 1. The highest BCUT2D eigenvalue weighted by Crippen LogP contribution is 2.30. The highest BCUT2D eigenvalue weighted by atomic mass is 32.1. The first kappa shape index (κ1) is 15.9. The fourth-order valence-electron chi connectivity index (χ4n) is 3.39. The molecule has 0 bridgehead atoms. The summed E-state index contributed by atoms with van der Waals surface area (Å²) in [7, 11) is 0. The summed E-state index contributed by atoms with van der Waals surface area (Å²) in [5.74, 6) is 0.0392. The lowest BCUT2D eigenvalue weighted by molar-refractivity contribution is -0.118. The first-order valence-electron chi connectivity index (χ1n) is 8.20. The van der Waals surface area contributed by atoms with Crippen LogP contribution in [0.3, 0.4) is 0 Å². The van der Waals surface area contributed by atoms with Crippen LogP contribution in [0.5, 0.6) is 0 Å². The second-order valence-corrected chi connectivity index (χ2v) is 8.32. The Morgan fingerprint density at radius 1 is 1.45 bits per heavy atom. The fraction of sp³-hybridized carbons (Fsp3) is 0.750. The van der Waals surface area contributed by atoms with Gasteiger partial charge in [-0.1, -0.05) is 13.8 Å². The van der Waals surface area contributed by atoms with E-state index in [2.05, 4.69) is 29.0 Å². The van der Waals surface area contributed by atoms with E-state index in [-0.39, 0.29) is 17.4 Å². The molecule has 1 aliphatic carbocycles. The molecule has 0 spiro atoms. The maximum atomic E-state index is 12.3. The number of likely N-dealkylation sites (tertiary alicyclic amines) is 1. The molecular formula is C16H26N4OS. The number of aryl methyl sites for hydroxylation is 2. The van der Waals surface area contributed by atoms with Crippen LogP contribution in [0.2, 0.25) is 0 Å². The van der Waals surface area contributed by atoms with Gasteiger partial charge in [0.25, 0.3) is 0 Å². The smallest absolute Gasteiger partial charge is 0.240 e. The summed E-state index contributed by atoms with van der Waals surface area (Å²) < 4.78 is 0. The van der Waals surface area contributed by atoms with E-state index < -0.39 is 0 Å². The summed E-state index contributed by atoms with van der Waals surface area (Å²) >= 11 is 1.64. The normalized spacial score (nSPS) is 24.8. The third kappa shape index (κ3) is 3.50. The van der Waals surface area contributed by atoms with E-state index in [1.807, 2.05) is 0 Å². The van der Waals surface area contributed by atoms with E-state index in [0.29, 0.717) is 6.54 Å². The third-order valence-electron chi connectivity index (χ3n) is 4.85. The van der Waals surface area contributed by atoms with E-state index >= 15 is 0 Å². The van der Waals surface area contributed by atoms with Crippen LogP contribution in [0, 0.1) is 5.41 Å². The van der Waals surface area contributed by atoms with Gasteiger partial charge in [-0.05, 0) is 37.5 Å². The molecule has 3 rings (SSSR count). The molecule has 1 atom stereocenters. The Labute approximate surface area is 136 Å². The second kappa shape index (κ2) is 6.26. The Balaban J connectivity index is 1.55. The lowest BCUT2D eigenvalue weighted by atomic mass is 9.80. The number of amides is 1. The van der Waals surface area contributed by atoms with Crippen molar-refractivity contribution in [3.05, 3.63) is 10.6 Å². The van der Waals surface area contributed by atoms with Gasteiger partial charge in [0.05, 0.1) is 12.2 Å². The molecule has 1 saturated heterocycles. The Kier molecular flexibility index (Phi) is 4.52. The predicted molar refractivity (Wildman–Crippen MR) is 90.2 cm³/mol. The number of aromatic nitrogens is 1. The molecule has 3 N–H and O–H groups in total. The Morgan fingerprint density at radius 2 is 2.23 bits per heavy atom. The third-order valence-corrected chi connectivity index (χ3v) is 5.92. The molecule has 22 heavy (non-hydrogen) atoms. The summed E-state index contributed by atoms with van der Waals surface area (Å²) in [6.07, 6.45) is 5.58. The number of hydrogen-bond acceptors (Lipinski definition) is 5. The molecular weight excluding hydrogens is 296 g/mol. The molecule has 122 valence electrons. The van der Waals surface area contributed by atoms with Crippen LogP contribution < -0.4 is 11.1 Å². The minimum absolute atomic E-state index is 0.0392. The monoisotopic (exact) mass is 322 g/mol. The Hall–Kier alpha value is -0.980. The molecule has 2 heterocycles. The molecule has 0 saturated carbocycles. The van der Waals surface area contributed by atoms with Gasteiger partial charge >= 0.3 is 0 Å². The number of carbonyl (C=O) groups excluding carboxylic acids is 1. The zero-order chi connectivity index (χ0) is 15.7. The molecule has 1 unspecified atom stereocenters. The second-order valence-electron chi connectivity index (χ2n) is 7.24. The molecule has 6 heteroatoms. The number of thiazole rings is 1. The number of carbonyl (C=O) groups is 1. The van der Waals surface area contributed by atoms with Crippen LogP contribution in [0.1, 0.15) is 43.7 Å². The lowest BCUT2D eigenvalue weighted by Crippen LogP contribution is -2.53. The molecule has 0 radical (unpaired) electrons. The standard InChI is InChI=1S/C16H26N4OS/c1-16(2)10-20(8-7-13(16)17)9-14(21)19-15-18-11-5-3-4-6-12(11)22-15/h13H,3-10,17H2,1-2H3,(H,18,19,21). The van der Waals surface area contributed by atoms with Gasteiger partial charge in [0.2, 0.25) is 5.91 Å². The van der Waals surface area contributed by atoms with Crippen molar-refractivity contribution in [2.45, 2.75) is 52.0 Å². The van der Waals surface area contributed by atoms with E-state index in [1.165, 1.54) is 23.4 Å². The van der Waals surface area contributed by atoms with Crippen molar-refractivity contribution in [3.8, 4) is 0 Å². The first-order valence-corrected chi connectivity index (χ1v) is 9.02. The van der Waals surface area contributed by atoms with Crippen LogP contribution in [0.25, 0.3) is 0 Å². The van der Waals surface area contributed by atoms with Crippen molar-refractivity contribution < 1.29 is 4.79 Å². The largest absolute Gasteiger partial charge is 0.327 e. The van der Waals surface area contributed by atoms with Crippen molar-refractivity contribution in [3.63, 3.8) is 0 Å². The van der Waals surface area contributed by atoms with Gasteiger partial charge in [0.15, 0.2) is 5.13 Å². The molecule has 1 aromatic heterocycles. The summed E-state index contributed by atoms with van der Waals surface area (Å²) in [4.78, 5) is 20.4. The van der Waals surface area contributed by atoms with Gasteiger partial charge in [-0.2, -0.15) is 0 Å². The maximum absolute atomic E-state index is 12.3.